The second-order valence-corrected chi connectivity index (χ2v) is 8.71. The number of ether oxygens (including phenoxy) is 2. The van der Waals surface area contributed by atoms with Gasteiger partial charge in [0.1, 0.15) is 17.3 Å². The van der Waals surface area contributed by atoms with Crippen molar-refractivity contribution < 1.29 is 23.0 Å². The zero-order chi connectivity index (χ0) is 23.4. The molecule has 0 bridgehead atoms. The smallest absolute Gasteiger partial charge is 0.414 e. The second kappa shape index (κ2) is 7.56. The van der Waals surface area contributed by atoms with Crippen molar-refractivity contribution in [2.75, 3.05) is 24.7 Å². The number of rotatable bonds is 5. The molecule has 4 atom stereocenters. The number of fused-ring (bicyclic) bond motifs is 1. The van der Waals surface area contributed by atoms with Gasteiger partial charge in [-0.15, -0.1) is 0 Å². The maximum atomic E-state index is 15.0. The van der Waals surface area contributed by atoms with E-state index in [4.69, 9.17) is 9.47 Å². The molecule has 9 nitrogen and oxygen atoms in total. The zero-order valence-electron chi connectivity index (χ0n) is 17.8. The summed E-state index contributed by atoms with van der Waals surface area (Å²) in [5.74, 6) is -0.912. The molecular weight excluding hydrogens is 446 g/mol. The lowest BCUT2D eigenvalue weighted by molar-refractivity contribution is 0.129. The summed E-state index contributed by atoms with van der Waals surface area (Å²) in [6, 6.07) is 10.4. The Morgan fingerprint density at radius 1 is 1.21 bits per heavy atom. The largest absolute Gasteiger partial charge is 0.442 e. The topological polar surface area (TPSA) is 106 Å². The number of carbonyl (C=O) groups is 1. The first-order valence-corrected chi connectivity index (χ1v) is 10.8. The number of amides is 1. The molecule has 2 aromatic heterocycles. The number of anilines is 1. The van der Waals surface area contributed by atoms with Crippen LogP contribution in [0, 0.1) is 34.9 Å². The molecule has 3 aromatic rings. The van der Waals surface area contributed by atoms with E-state index in [1.807, 2.05) is 0 Å². The van der Waals surface area contributed by atoms with Crippen molar-refractivity contribution in [2.45, 2.75) is 18.1 Å². The Morgan fingerprint density at radius 3 is 2.68 bits per heavy atom. The number of hydrogen-bond acceptors (Lipinski definition) is 7. The number of cyclic esters (lactones) is 1. The molecule has 0 unspecified atom stereocenters. The lowest BCUT2D eigenvalue weighted by Gasteiger charge is -2.15. The third kappa shape index (κ3) is 3.13. The minimum absolute atomic E-state index is 0.135. The normalized spacial score (nSPS) is 27.4. The summed E-state index contributed by atoms with van der Waals surface area (Å²) in [6.07, 6.45) is 1.47. The van der Waals surface area contributed by atoms with Crippen LogP contribution in [0.4, 0.5) is 19.3 Å². The van der Waals surface area contributed by atoms with E-state index in [1.165, 1.54) is 15.6 Å². The van der Waals surface area contributed by atoms with Crippen LogP contribution in [-0.4, -0.2) is 51.9 Å². The molecule has 11 heteroatoms. The molecule has 1 amide bonds. The Morgan fingerprint density at radius 2 is 2.03 bits per heavy atom. The molecule has 0 spiro atoms. The van der Waals surface area contributed by atoms with E-state index in [9.17, 15) is 14.4 Å². The maximum Gasteiger partial charge on any atom is 0.414 e. The predicted molar refractivity (Wildman–Crippen MR) is 112 cm³/mol. The van der Waals surface area contributed by atoms with Crippen molar-refractivity contribution in [1.29, 1.82) is 5.26 Å². The van der Waals surface area contributed by atoms with Gasteiger partial charge in [0, 0.05) is 29.2 Å². The first kappa shape index (κ1) is 20.7. The number of halogens is 2. The van der Waals surface area contributed by atoms with Crippen molar-refractivity contribution in [3.8, 4) is 17.2 Å². The molecule has 2 saturated heterocycles. The van der Waals surface area contributed by atoms with Crippen LogP contribution in [0.5, 0.6) is 0 Å². The van der Waals surface area contributed by atoms with E-state index in [-0.39, 0.29) is 24.9 Å². The van der Waals surface area contributed by atoms with Gasteiger partial charge in [0.15, 0.2) is 0 Å². The van der Waals surface area contributed by atoms with Gasteiger partial charge in [-0.05, 0) is 24.3 Å². The van der Waals surface area contributed by atoms with E-state index in [0.717, 1.165) is 6.20 Å². The molecule has 0 radical (unpaired) electrons. The van der Waals surface area contributed by atoms with Crippen LogP contribution in [0.25, 0.3) is 11.1 Å². The van der Waals surface area contributed by atoms with E-state index in [0.29, 0.717) is 35.7 Å². The summed E-state index contributed by atoms with van der Waals surface area (Å²) < 4.78 is 40.0. The van der Waals surface area contributed by atoms with Gasteiger partial charge in [-0.2, -0.15) is 9.65 Å². The number of hydrogen-bond donors (Lipinski definition) is 0. The van der Waals surface area contributed by atoms with E-state index in [2.05, 4.69) is 21.4 Å². The van der Waals surface area contributed by atoms with E-state index in [1.54, 1.807) is 30.5 Å². The van der Waals surface area contributed by atoms with E-state index >= 15 is 4.39 Å². The monoisotopic (exact) mass is 464 g/mol. The molecular formula is C23H18F2N6O3. The Kier molecular flexibility index (Phi) is 4.60. The Bertz CT molecular complexity index is 1310. The van der Waals surface area contributed by atoms with Crippen molar-refractivity contribution in [2.24, 2.45) is 11.8 Å². The summed E-state index contributed by atoms with van der Waals surface area (Å²) in [5.41, 5.74) is 1.32. The highest BCUT2D eigenvalue weighted by Crippen LogP contribution is 2.62. The molecule has 6 rings (SSSR count). The van der Waals surface area contributed by atoms with Crippen LogP contribution in [0.2, 0.25) is 0 Å². The molecule has 34 heavy (non-hydrogen) atoms. The van der Waals surface area contributed by atoms with Crippen molar-refractivity contribution in [3.05, 3.63) is 60.2 Å². The van der Waals surface area contributed by atoms with Gasteiger partial charge in [-0.3, -0.25) is 9.88 Å². The minimum Gasteiger partial charge on any atom is -0.442 e. The Labute approximate surface area is 192 Å². The van der Waals surface area contributed by atoms with Gasteiger partial charge < -0.3 is 9.47 Å². The van der Waals surface area contributed by atoms with Crippen LogP contribution in [0.3, 0.4) is 0 Å². The molecule has 4 heterocycles. The fraction of sp³-hybridized carbons (Fsp3) is 0.348. The molecule has 0 N–H and O–H groups in total. The van der Waals surface area contributed by atoms with E-state index < -0.39 is 29.4 Å². The van der Waals surface area contributed by atoms with Crippen molar-refractivity contribution >= 4 is 11.8 Å². The number of nitriles is 1. The molecule has 2 aliphatic heterocycles. The SMILES string of the molecule is N#C[C@]1(c2ccc(-c3ccc(N4C[C@H](Cn5cc(F)nn5)OC4=O)cc3F)cn2)[C@@H]2COC[C@@H]21. The molecule has 1 aliphatic carbocycles. The van der Waals surface area contributed by atoms with Gasteiger partial charge in [0.25, 0.3) is 5.95 Å². The third-order valence-electron chi connectivity index (χ3n) is 6.86. The lowest BCUT2D eigenvalue weighted by Crippen LogP contribution is -2.26. The standard InChI is InChI=1S/C23H18F2N6O3/c24-19-5-14(31-8-15(34-22(31)32)7-30-9-21(25)28-29-30)2-3-16(19)13-1-4-20(27-6-13)23(12-26)17-10-33-11-18(17)23/h1-6,9,15,17-18H,7-8,10-11H2/t15-,17-,18+,23+/m0/s1. The van der Waals surface area contributed by atoms with Gasteiger partial charge in [-0.25, -0.2) is 13.9 Å². The maximum absolute atomic E-state index is 15.0. The van der Waals surface area contributed by atoms with Gasteiger partial charge in [0.05, 0.1) is 50.0 Å². The number of nitrogens with zero attached hydrogens (tertiary/aromatic N) is 6. The number of aromatic nitrogens is 4. The summed E-state index contributed by atoms with van der Waals surface area (Å²) in [7, 11) is 0. The lowest BCUT2D eigenvalue weighted by atomic mass is 9.96. The Balaban J connectivity index is 1.19. The summed E-state index contributed by atoms with van der Waals surface area (Å²) >= 11 is 0. The second-order valence-electron chi connectivity index (χ2n) is 8.71. The third-order valence-corrected chi connectivity index (χ3v) is 6.86. The van der Waals surface area contributed by atoms with Crippen LogP contribution < -0.4 is 4.90 Å². The van der Waals surface area contributed by atoms with Crippen molar-refractivity contribution in [3.63, 3.8) is 0 Å². The predicted octanol–water partition coefficient (Wildman–Crippen LogP) is 2.68. The fourth-order valence-electron chi connectivity index (χ4n) is 5.06. The fourth-order valence-corrected chi connectivity index (χ4v) is 5.06. The molecule has 1 saturated carbocycles. The number of carbonyl (C=O) groups excluding carboxylic acids is 1. The molecule has 172 valence electrons. The average molecular weight is 464 g/mol. The summed E-state index contributed by atoms with van der Waals surface area (Å²) in [6.45, 7) is 1.42. The first-order valence-electron chi connectivity index (χ1n) is 10.8. The van der Waals surface area contributed by atoms with Crippen LogP contribution in [-0.2, 0) is 21.4 Å². The van der Waals surface area contributed by atoms with Gasteiger partial charge in [0.2, 0.25) is 0 Å². The molecule has 1 aromatic carbocycles. The average Bonchev–Trinajstić information content (AvgIpc) is 3.29. The highest BCUT2D eigenvalue weighted by Gasteiger charge is 2.70. The first-order chi connectivity index (χ1) is 16.5. The number of benzene rings is 1. The van der Waals surface area contributed by atoms with Crippen LogP contribution in [0.1, 0.15) is 5.69 Å². The molecule has 3 aliphatic rings. The van der Waals surface area contributed by atoms with Crippen molar-refractivity contribution in [1.82, 2.24) is 20.0 Å². The van der Waals surface area contributed by atoms with Gasteiger partial charge in [-0.1, -0.05) is 16.4 Å². The van der Waals surface area contributed by atoms with Crippen LogP contribution >= 0.6 is 0 Å². The summed E-state index contributed by atoms with van der Waals surface area (Å²) in [4.78, 5) is 18.1. The summed E-state index contributed by atoms with van der Waals surface area (Å²) in [5, 5.41) is 16.6. The quantitative estimate of drug-likeness (QED) is 0.572. The molecule has 3 fully saturated rings. The Hall–Kier alpha value is -3.91. The number of pyridine rings is 1. The highest BCUT2D eigenvalue weighted by molar-refractivity contribution is 5.90. The van der Waals surface area contributed by atoms with Crippen LogP contribution in [0.15, 0.2) is 42.7 Å². The minimum atomic E-state index is -0.724. The zero-order valence-corrected chi connectivity index (χ0v) is 17.8. The highest BCUT2D eigenvalue weighted by atomic mass is 19.1. The van der Waals surface area contributed by atoms with Gasteiger partial charge >= 0.3 is 6.09 Å².